The highest BCUT2D eigenvalue weighted by molar-refractivity contribution is 6.04. The number of methoxy groups -OCH3 is 1. The summed E-state index contributed by atoms with van der Waals surface area (Å²) in [5.74, 6) is -1.87. The molecule has 0 N–H and O–H groups in total. The maximum Gasteiger partial charge on any atom is 0.333 e. The Morgan fingerprint density at radius 3 is 2.11 bits per heavy atom. The largest absolute Gasteiger partial charge is 0.466 e. The van der Waals surface area contributed by atoms with Gasteiger partial charge in [0.05, 0.1) is 20.3 Å². The van der Waals surface area contributed by atoms with E-state index in [1.807, 2.05) is 0 Å². The van der Waals surface area contributed by atoms with Gasteiger partial charge in [0.15, 0.2) is 5.41 Å². The van der Waals surface area contributed by atoms with Crippen LogP contribution in [-0.2, 0) is 28.6 Å². The Morgan fingerprint density at radius 2 is 1.68 bits per heavy atom. The van der Waals surface area contributed by atoms with Gasteiger partial charge < -0.3 is 14.2 Å². The van der Waals surface area contributed by atoms with Gasteiger partial charge in [0.1, 0.15) is 0 Å². The molecule has 106 valence electrons. The predicted octanol–water partition coefficient (Wildman–Crippen LogP) is 0.992. The van der Waals surface area contributed by atoms with Crippen LogP contribution < -0.4 is 0 Å². The molecule has 0 unspecified atom stereocenters. The lowest BCUT2D eigenvalue weighted by Gasteiger charge is -2.24. The zero-order valence-electron chi connectivity index (χ0n) is 11.4. The molecule has 0 aromatic carbocycles. The topological polar surface area (TPSA) is 78.9 Å². The van der Waals surface area contributed by atoms with E-state index < -0.39 is 23.3 Å². The minimum Gasteiger partial charge on any atom is -0.466 e. The molecular formula is C13H18O6. The van der Waals surface area contributed by atoms with E-state index in [9.17, 15) is 14.4 Å². The normalized spacial score (nSPS) is 16.5. The van der Waals surface area contributed by atoms with Gasteiger partial charge in [-0.05, 0) is 20.3 Å². The Hall–Kier alpha value is -1.85. The number of hydrogen-bond donors (Lipinski definition) is 0. The summed E-state index contributed by atoms with van der Waals surface area (Å²) in [5.41, 5.74) is -1.15. The first-order valence-electron chi connectivity index (χ1n) is 6.13. The molecule has 0 spiro atoms. The third-order valence-corrected chi connectivity index (χ3v) is 2.97. The van der Waals surface area contributed by atoms with Crippen molar-refractivity contribution in [1.82, 2.24) is 0 Å². The molecule has 0 aromatic heterocycles. The van der Waals surface area contributed by atoms with Gasteiger partial charge >= 0.3 is 17.9 Å². The van der Waals surface area contributed by atoms with Gasteiger partial charge in [-0.25, -0.2) is 4.79 Å². The second-order valence-corrected chi connectivity index (χ2v) is 4.12. The van der Waals surface area contributed by atoms with Crippen molar-refractivity contribution in [3.05, 3.63) is 11.6 Å². The number of hydrogen-bond acceptors (Lipinski definition) is 6. The van der Waals surface area contributed by atoms with Crippen LogP contribution in [0.4, 0.5) is 0 Å². The number of allylic oxidation sites excluding steroid dienone is 1. The predicted molar refractivity (Wildman–Crippen MR) is 65.0 cm³/mol. The van der Waals surface area contributed by atoms with Gasteiger partial charge in [0.2, 0.25) is 0 Å². The van der Waals surface area contributed by atoms with Crippen molar-refractivity contribution in [2.24, 2.45) is 5.41 Å². The van der Waals surface area contributed by atoms with Crippen molar-refractivity contribution < 1.29 is 28.6 Å². The average Bonchev–Trinajstić information content (AvgIpc) is 2.85. The molecule has 19 heavy (non-hydrogen) atoms. The lowest BCUT2D eigenvalue weighted by atomic mass is 9.84. The van der Waals surface area contributed by atoms with Crippen LogP contribution in [0.25, 0.3) is 0 Å². The lowest BCUT2D eigenvalue weighted by Crippen LogP contribution is -2.40. The number of carbonyl (C=O) groups excluding carboxylic acids is 3. The number of ether oxygens (including phenoxy) is 3. The lowest BCUT2D eigenvalue weighted by molar-refractivity contribution is -0.171. The van der Waals surface area contributed by atoms with Crippen molar-refractivity contribution in [2.45, 2.75) is 26.7 Å². The van der Waals surface area contributed by atoms with Gasteiger partial charge in [-0.2, -0.15) is 0 Å². The Morgan fingerprint density at radius 1 is 1.16 bits per heavy atom. The zero-order chi connectivity index (χ0) is 14.5. The molecule has 0 radical (unpaired) electrons. The SMILES string of the molecule is CCOC(=O)C1(C(=O)OCC)CC=C(C(=O)OC)C1. The molecule has 0 saturated heterocycles. The first kappa shape index (κ1) is 15.2. The molecule has 0 fully saturated rings. The molecule has 6 nitrogen and oxygen atoms in total. The summed E-state index contributed by atoms with van der Waals surface area (Å²) in [4.78, 5) is 35.5. The van der Waals surface area contributed by atoms with E-state index in [1.54, 1.807) is 13.8 Å². The third-order valence-electron chi connectivity index (χ3n) is 2.97. The van der Waals surface area contributed by atoms with Crippen LogP contribution in [0.3, 0.4) is 0 Å². The molecule has 0 amide bonds. The quantitative estimate of drug-likeness (QED) is 0.421. The molecule has 0 bridgehead atoms. The number of rotatable bonds is 5. The fourth-order valence-electron chi connectivity index (χ4n) is 1.99. The maximum absolute atomic E-state index is 12.0. The van der Waals surface area contributed by atoms with Gasteiger partial charge in [-0.1, -0.05) is 6.08 Å². The van der Waals surface area contributed by atoms with Crippen LogP contribution in [0.15, 0.2) is 11.6 Å². The number of carbonyl (C=O) groups is 3. The van der Waals surface area contributed by atoms with Crippen molar-refractivity contribution in [3.63, 3.8) is 0 Å². The number of esters is 3. The smallest absolute Gasteiger partial charge is 0.333 e. The second kappa shape index (κ2) is 6.36. The molecule has 0 atom stereocenters. The van der Waals surface area contributed by atoms with Crippen molar-refractivity contribution in [1.29, 1.82) is 0 Å². The molecule has 1 aliphatic rings. The molecule has 0 aromatic rings. The molecular weight excluding hydrogens is 252 g/mol. The standard InChI is InChI=1S/C13H18O6/c1-4-18-11(15)13(12(16)19-5-2)7-6-9(8-13)10(14)17-3/h6H,4-5,7-8H2,1-3H3. The monoisotopic (exact) mass is 270 g/mol. The van der Waals surface area contributed by atoms with Crippen molar-refractivity contribution in [2.75, 3.05) is 20.3 Å². The first-order valence-corrected chi connectivity index (χ1v) is 6.13. The van der Waals surface area contributed by atoms with Gasteiger partial charge in [0.25, 0.3) is 0 Å². The highest BCUT2D eigenvalue weighted by Gasteiger charge is 2.52. The first-order chi connectivity index (χ1) is 9.01. The van der Waals surface area contributed by atoms with E-state index in [4.69, 9.17) is 9.47 Å². The summed E-state index contributed by atoms with van der Waals surface area (Å²) in [6, 6.07) is 0. The summed E-state index contributed by atoms with van der Waals surface area (Å²) < 4.78 is 14.5. The third kappa shape index (κ3) is 2.94. The van der Waals surface area contributed by atoms with Crippen LogP contribution >= 0.6 is 0 Å². The Balaban J connectivity index is 2.96. The summed E-state index contributed by atoms with van der Waals surface area (Å²) >= 11 is 0. The Labute approximate surface area is 111 Å². The minimum atomic E-state index is -1.45. The molecule has 1 aliphatic carbocycles. The summed E-state index contributed by atoms with van der Waals surface area (Å²) in [6.07, 6.45) is 1.58. The summed E-state index contributed by atoms with van der Waals surface area (Å²) in [6.45, 7) is 3.63. The van der Waals surface area contributed by atoms with Crippen LogP contribution in [0.2, 0.25) is 0 Å². The van der Waals surface area contributed by atoms with E-state index in [1.165, 1.54) is 13.2 Å². The fraction of sp³-hybridized carbons (Fsp3) is 0.615. The van der Waals surface area contributed by atoms with Crippen LogP contribution in [0, 0.1) is 5.41 Å². The molecule has 6 heteroatoms. The zero-order valence-corrected chi connectivity index (χ0v) is 11.4. The summed E-state index contributed by atoms with van der Waals surface area (Å²) in [7, 11) is 1.25. The van der Waals surface area contributed by atoms with Gasteiger partial charge in [-0.15, -0.1) is 0 Å². The van der Waals surface area contributed by atoms with Crippen molar-refractivity contribution >= 4 is 17.9 Å². The highest BCUT2D eigenvalue weighted by atomic mass is 16.6. The Bertz CT molecular complexity index is 391. The fourth-order valence-corrected chi connectivity index (χ4v) is 1.99. The van der Waals surface area contributed by atoms with Crippen LogP contribution in [0.1, 0.15) is 26.7 Å². The highest BCUT2D eigenvalue weighted by Crippen LogP contribution is 2.40. The Kier molecular flexibility index (Phi) is 5.09. The maximum atomic E-state index is 12.0. The second-order valence-electron chi connectivity index (χ2n) is 4.12. The van der Waals surface area contributed by atoms with E-state index in [0.717, 1.165) is 0 Å². The van der Waals surface area contributed by atoms with E-state index in [0.29, 0.717) is 5.57 Å². The summed E-state index contributed by atoms with van der Waals surface area (Å²) in [5, 5.41) is 0. The minimum absolute atomic E-state index is 0.0443. The van der Waals surface area contributed by atoms with Crippen LogP contribution in [0.5, 0.6) is 0 Å². The molecule has 0 aliphatic heterocycles. The average molecular weight is 270 g/mol. The van der Waals surface area contributed by atoms with Gasteiger partial charge in [-0.3, -0.25) is 9.59 Å². The van der Waals surface area contributed by atoms with E-state index in [-0.39, 0.29) is 26.1 Å². The molecule has 1 rings (SSSR count). The van der Waals surface area contributed by atoms with Crippen LogP contribution in [-0.4, -0.2) is 38.2 Å². The molecule has 0 saturated carbocycles. The van der Waals surface area contributed by atoms with Crippen molar-refractivity contribution in [3.8, 4) is 0 Å². The van der Waals surface area contributed by atoms with E-state index in [2.05, 4.69) is 4.74 Å². The molecule has 0 heterocycles. The van der Waals surface area contributed by atoms with E-state index >= 15 is 0 Å². The van der Waals surface area contributed by atoms with Gasteiger partial charge in [0, 0.05) is 12.0 Å².